The third-order valence-corrected chi connectivity index (χ3v) is 9.11. The summed E-state index contributed by atoms with van der Waals surface area (Å²) in [5.41, 5.74) is 0. The number of aliphatic hydroxyl groups excluding tert-OH is 4. The molecule has 1 rings (SSSR count). The van der Waals surface area contributed by atoms with Crippen LogP contribution in [0, 0.1) is 0 Å². The van der Waals surface area contributed by atoms with E-state index in [9.17, 15) is 30.0 Å². The van der Waals surface area contributed by atoms with E-state index in [-0.39, 0.29) is 26.1 Å². The summed E-state index contributed by atoms with van der Waals surface area (Å²) >= 11 is 0. The molecule has 6 atom stereocenters. The van der Waals surface area contributed by atoms with E-state index in [4.69, 9.17) is 18.9 Å². The van der Waals surface area contributed by atoms with E-state index in [0.29, 0.717) is 12.8 Å². The van der Waals surface area contributed by atoms with Gasteiger partial charge in [-0.2, -0.15) is 0 Å². The first-order valence-corrected chi connectivity index (χ1v) is 20.9. The highest BCUT2D eigenvalue weighted by Gasteiger charge is 2.44. The average molecular weight is 763 g/mol. The fourth-order valence-corrected chi connectivity index (χ4v) is 5.76. The van der Waals surface area contributed by atoms with Crippen LogP contribution in [-0.2, 0) is 28.5 Å². The monoisotopic (exact) mass is 763 g/mol. The minimum atomic E-state index is -1.60. The molecule has 1 saturated heterocycles. The number of ether oxygens (including phenoxy) is 4. The SMILES string of the molecule is CCC/C=C/C/C=C/C/C=C/C/C=C/CCCCCC(=O)OC[C@@H](CO[C@H]1O[C@@H](CO)[C@@H](O)C(O)C1O)OC(=O)CCCCCCC/C=C/CCCCC. The summed E-state index contributed by atoms with van der Waals surface area (Å²) in [7, 11) is 0. The second-order valence-corrected chi connectivity index (χ2v) is 14.1. The lowest BCUT2D eigenvalue weighted by atomic mass is 9.99. The Morgan fingerprint density at radius 3 is 1.67 bits per heavy atom. The molecular weight excluding hydrogens is 688 g/mol. The maximum absolute atomic E-state index is 12.7. The van der Waals surface area contributed by atoms with Crippen LogP contribution in [0.3, 0.4) is 0 Å². The number of esters is 2. The van der Waals surface area contributed by atoms with Crippen LogP contribution in [0.2, 0.25) is 0 Å². The molecule has 4 N–H and O–H groups in total. The summed E-state index contributed by atoms with van der Waals surface area (Å²) in [6.07, 6.45) is 33.7. The van der Waals surface area contributed by atoms with Crippen LogP contribution in [0.15, 0.2) is 60.8 Å². The minimum Gasteiger partial charge on any atom is -0.462 e. The van der Waals surface area contributed by atoms with E-state index in [0.717, 1.165) is 83.5 Å². The van der Waals surface area contributed by atoms with Gasteiger partial charge in [-0.3, -0.25) is 9.59 Å². The zero-order valence-corrected chi connectivity index (χ0v) is 33.4. The maximum atomic E-state index is 12.7. The Labute approximate surface area is 326 Å². The molecule has 0 amide bonds. The standard InChI is InChI=1S/C44H74O10/c1-3-5-7-9-11-13-15-17-18-19-20-21-23-24-26-28-30-32-39(46)51-35-37(36-52-44-43(50)42(49)41(48)38(34-45)54-44)53-40(47)33-31-29-27-25-22-16-14-12-10-8-6-4-2/h7,9,12-15,18-19,21,23,37-38,41-45,48-50H,3-6,8,10-11,16-17,20,22,24-36H2,1-2H3/b9-7+,14-12+,15-13+,19-18+,23-21+/t37-,38-,41+,42?,43?,44-/m0/s1. The molecule has 0 aromatic heterocycles. The Bertz CT molecular complexity index is 1070. The summed E-state index contributed by atoms with van der Waals surface area (Å²) in [6.45, 7) is 3.26. The van der Waals surface area contributed by atoms with Crippen molar-refractivity contribution in [1.82, 2.24) is 0 Å². The molecule has 1 aliphatic rings. The van der Waals surface area contributed by atoms with Gasteiger partial charge in [-0.25, -0.2) is 0 Å². The van der Waals surface area contributed by atoms with Crippen molar-refractivity contribution >= 4 is 11.9 Å². The zero-order valence-electron chi connectivity index (χ0n) is 33.4. The van der Waals surface area contributed by atoms with Gasteiger partial charge in [0.25, 0.3) is 0 Å². The van der Waals surface area contributed by atoms with Crippen LogP contribution in [0.25, 0.3) is 0 Å². The topological polar surface area (TPSA) is 152 Å². The van der Waals surface area contributed by atoms with Crippen LogP contribution >= 0.6 is 0 Å². The maximum Gasteiger partial charge on any atom is 0.306 e. The first-order valence-electron chi connectivity index (χ1n) is 20.9. The highest BCUT2D eigenvalue weighted by Crippen LogP contribution is 2.22. The van der Waals surface area contributed by atoms with Crippen LogP contribution < -0.4 is 0 Å². The van der Waals surface area contributed by atoms with Crippen molar-refractivity contribution in [1.29, 1.82) is 0 Å². The van der Waals surface area contributed by atoms with Gasteiger partial charge in [-0.15, -0.1) is 0 Å². The number of unbranched alkanes of at least 4 members (excludes halogenated alkanes) is 12. The highest BCUT2D eigenvalue weighted by molar-refractivity contribution is 5.70. The number of rotatable bonds is 33. The van der Waals surface area contributed by atoms with Gasteiger partial charge in [-0.1, -0.05) is 120 Å². The van der Waals surface area contributed by atoms with Crippen molar-refractivity contribution in [3.05, 3.63) is 60.8 Å². The molecule has 0 radical (unpaired) electrons. The summed E-state index contributed by atoms with van der Waals surface area (Å²) in [5.74, 6) is -0.860. The number of carbonyl (C=O) groups is 2. The fraction of sp³-hybridized carbons (Fsp3) is 0.727. The van der Waals surface area contributed by atoms with Crippen molar-refractivity contribution in [2.75, 3.05) is 19.8 Å². The second-order valence-electron chi connectivity index (χ2n) is 14.1. The number of aliphatic hydroxyl groups is 4. The van der Waals surface area contributed by atoms with E-state index in [1.807, 2.05) is 0 Å². The van der Waals surface area contributed by atoms with E-state index < -0.39 is 55.4 Å². The molecule has 1 fully saturated rings. The zero-order chi connectivity index (χ0) is 39.5. The average Bonchev–Trinajstić information content (AvgIpc) is 3.17. The first-order chi connectivity index (χ1) is 26.3. The lowest BCUT2D eigenvalue weighted by Gasteiger charge is -2.39. The molecule has 310 valence electrons. The Hall–Kier alpha value is -2.60. The Balaban J connectivity index is 2.40. The first kappa shape index (κ1) is 49.4. The number of allylic oxidation sites excluding steroid dienone is 10. The van der Waals surface area contributed by atoms with Crippen molar-refractivity contribution in [3.63, 3.8) is 0 Å². The van der Waals surface area contributed by atoms with Crippen LogP contribution in [0.1, 0.15) is 149 Å². The van der Waals surface area contributed by atoms with Crippen LogP contribution in [0.4, 0.5) is 0 Å². The highest BCUT2D eigenvalue weighted by atomic mass is 16.7. The van der Waals surface area contributed by atoms with E-state index in [1.165, 1.54) is 25.7 Å². The predicted octanol–water partition coefficient (Wildman–Crippen LogP) is 8.27. The van der Waals surface area contributed by atoms with E-state index >= 15 is 0 Å². The third kappa shape index (κ3) is 26.2. The van der Waals surface area contributed by atoms with Gasteiger partial charge in [0, 0.05) is 12.8 Å². The van der Waals surface area contributed by atoms with Gasteiger partial charge in [0.2, 0.25) is 0 Å². The second kappa shape index (κ2) is 34.9. The molecule has 0 aromatic rings. The van der Waals surface area contributed by atoms with Gasteiger partial charge >= 0.3 is 11.9 Å². The number of hydrogen-bond acceptors (Lipinski definition) is 10. The Morgan fingerprint density at radius 2 is 1.07 bits per heavy atom. The molecule has 0 bridgehead atoms. The lowest BCUT2D eigenvalue weighted by Crippen LogP contribution is -2.59. The smallest absolute Gasteiger partial charge is 0.306 e. The molecule has 10 nitrogen and oxygen atoms in total. The molecule has 2 unspecified atom stereocenters. The van der Waals surface area contributed by atoms with Crippen molar-refractivity contribution in [2.24, 2.45) is 0 Å². The molecule has 0 aliphatic carbocycles. The molecule has 10 heteroatoms. The molecule has 0 saturated carbocycles. The van der Waals surface area contributed by atoms with Gasteiger partial charge in [0.15, 0.2) is 12.4 Å². The molecule has 1 heterocycles. The summed E-state index contributed by atoms with van der Waals surface area (Å²) in [5, 5.41) is 40.0. The Morgan fingerprint density at radius 1 is 0.574 bits per heavy atom. The van der Waals surface area contributed by atoms with Gasteiger partial charge in [0.05, 0.1) is 13.2 Å². The van der Waals surface area contributed by atoms with Crippen molar-refractivity contribution in [3.8, 4) is 0 Å². The summed E-state index contributed by atoms with van der Waals surface area (Å²) in [6, 6.07) is 0. The van der Waals surface area contributed by atoms with Crippen LogP contribution in [-0.4, -0.2) is 89.0 Å². The Kier molecular flexibility index (Phi) is 31.9. The molecule has 0 spiro atoms. The molecule has 0 aromatic carbocycles. The quantitative estimate of drug-likeness (QED) is 0.0292. The summed E-state index contributed by atoms with van der Waals surface area (Å²) in [4.78, 5) is 25.2. The number of carbonyl (C=O) groups excluding carboxylic acids is 2. The summed E-state index contributed by atoms with van der Waals surface area (Å²) < 4.78 is 22.1. The normalized spacial score (nSPS) is 21.3. The van der Waals surface area contributed by atoms with Crippen molar-refractivity contribution in [2.45, 2.75) is 185 Å². The molecule has 1 aliphatic heterocycles. The molecule has 54 heavy (non-hydrogen) atoms. The van der Waals surface area contributed by atoms with Gasteiger partial charge < -0.3 is 39.4 Å². The lowest BCUT2D eigenvalue weighted by molar-refractivity contribution is -0.305. The largest absolute Gasteiger partial charge is 0.462 e. The number of hydrogen-bond donors (Lipinski definition) is 4. The van der Waals surface area contributed by atoms with Gasteiger partial charge in [-0.05, 0) is 77.0 Å². The van der Waals surface area contributed by atoms with Crippen molar-refractivity contribution < 1.29 is 49.0 Å². The van der Waals surface area contributed by atoms with Gasteiger partial charge in [0.1, 0.15) is 31.0 Å². The predicted molar refractivity (Wildman–Crippen MR) is 215 cm³/mol. The van der Waals surface area contributed by atoms with Crippen LogP contribution in [0.5, 0.6) is 0 Å². The van der Waals surface area contributed by atoms with E-state index in [2.05, 4.69) is 74.6 Å². The van der Waals surface area contributed by atoms with E-state index in [1.54, 1.807) is 0 Å². The fourth-order valence-electron chi connectivity index (χ4n) is 5.76. The minimum absolute atomic E-state index is 0.209. The molecular formula is C44H74O10. The third-order valence-electron chi connectivity index (χ3n) is 9.11.